The minimum absolute atomic E-state index is 0.319. The Kier molecular flexibility index (Phi) is 6.86. The molecule has 1 unspecified atom stereocenters. The summed E-state index contributed by atoms with van der Waals surface area (Å²) in [6.45, 7) is -0.437. The predicted molar refractivity (Wildman–Crippen MR) is 50.4 cm³/mol. The Bertz CT molecular complexity index is 261. The van der Waals surface area contributed by atoms with E-state index in [0.29, 0.717) is 0 Å². The van der Waals surface area contributed by atoms with Gasteiger partial charge in [-0.2, -0.15) is 0 Å². The zero-order chi connectivity index (χ0) is 12.6. The van der Waals surface area contributed by atoms with Crippen molar-refractivity contribution in [3.63, 3.8) is 0 Å². The number of esters is 3. The molecule has 0 bridgehead atoms. The summed E-state index contributed by atoms with van der Waals surface area (Å²) < 4.78 is 17.9. The molecule has 0 aromatic rings. The van der Waals surface area contributed by atoms with Gasteiger partial charge in [0.15, 0.2) is 6.10 Å². The number of carbonyl (C=O) groups excluding carboxylic acids is 3. The molecule has 0 aliphatic heterocycles. The van der Waals surface area contributed by atoms with Crippen molar-refractivity contribution in [3.05, 3.63) is 0 Å². The van der Waals surface area contributed by atoms with Gasteiger partial charge in [0, 0.05) is 0 Å². The second kappa shape index (κ2) is 7.63. The monoisotopic (exact) mass is 234 g/mol. The van der Waals surface area contributed by atoms with Crippen LogP contribution in [0.15, 0.2) is 0 Å². The Balaban J connectivity index is 4.26. The number of hydrogen-bond acceptors (Lipinski definition) is 7. The fraction of sp³-hybridized carbons (Fsp3) is 0.667. The largest absolute Gasteiger partial charge is 0.469 e. The molecule has 0 aromatic heterocycles. The molecule has 0 amide bonds. The van der Waals surface area contributed by atoms with Crippen molar-refractivity contribution in [2.75, 3.05) is 27.9 Å². The lowest BCUT2D eigenvalue weighted by Gasteiger charge is -2.13. The van der Waals surface area contributed by atoms with E-state index in [0.717, 1.165) is 7.11 Å². The van der Waals surface area contributed by atoms with Crippen LogP contribution in [0.4, 0.5) is 0 Å². The van der Waals surface area contributed by atoms with Gasteiger partial charge in [-0.1, -0.05) is 0 Å². The molecule has 0 rings (SSSR count). The minimum atomic E-state index is -1.17. The first-order valence-corrected chi connectivity index (χ1v) is 4.38. The molecule has 0 N–H and O–H groups in total. The summed E-state index contributed by atoms with van der Waals surface area (Å²) >= 11 is 0. The first-order valence-electron chi connectivity index (χ1n) is 4.38. The summed E-state index contributed by atoms with van der Waals surface area (Å²) in [5.41, 5.74) is 0. The summed E-state index contributed by atoms with van der Waals surface area (Å²) in [5.74, 6) is -2.05. The summed E-state index contributed by atoms with van der Waals surface area (Å²) in [7, 11) is 3.50. The van der Waals surface area contributed by atoms with E-state index in [-0.39, 0.29) is 6.42 Å². The molecule has 0 saturated carbocycles. The highest BCUT2D eigenvalue weighted by molar-refractivity contribution is 5.82. The van der Waals surface area contributed by atoms with Crippen molar-refractivity contribution in [1.29, 1.82) is 0 Å². The van der Waals surface area contributed by atoms with Crippen molar-refractivity contribution >= 4 is 17.9 Å². The smallest absolute Gasteiger partial charge is 0.335 e. The lowest BCUT2D eigenvalue weighted by atomic mass is 10.2. The van der Waals surface area contributed by atoms with Gasteiger partial charge in [-0.15, -0.1) is 0 Å². The summed E-state index contributed by atoms with van der Waals surface area (Å²) in [6, 6.07) is 0. The van der Waals surface area contributed by atoms with Crippen molar-refractivity contribution < 1.29 is 33.3 Å². The van der Waals surface area contributed by atoms with Crippen LogP contribution in [0.3, 0.4) is 0 Å². The van der Waals surface area contributed by atoms with Gasteiger partial charge in [0.05, 0.1) is 27.8 Å². The molecule has 92 valence electrons. The topological polar surface area (TPSA) is 88.1 Å². The van der Waals surface area contributed by atoms with Crippen LogP contribution in [0, 0.1) is 0 Å². The third-order valence-electron chi connectivity index (χ3n) is 1.67. The van der Waals surface area contributed by atoms with E-state index in [4.69, 9.17) is 4.74 Å². The van der Waals surface area contributed by atoms with Crippen molar-refractivity contribution in [1.82, 2.24) is 0 Å². The van der Waals surface area contributed by atoms with Crippen molar-refractivity contribution in [3.8, 4) is 0 Å². The Labute approximate surface area is 92.6 Å². The van der Waals surface area contributed by atoms with Crippen LogP contribution < -0.4 is 0 Å². The van der Waals surface area contributed by atoms with E-state index in [1.165, 1.54) is 14.2 Å². The average molecular weight is 234 g/mol. The van der Waals surface area contributed by atoms with Crippen LogP contribution in [0.2, 0.25) is 0 Å². The SMILES string of the molecule is COC(=O)COC(CC(=O)OC)C(=O)OC. The van der Waals surface area contributed by atoms with E-state index < -0.39 is 30.6 Å². The summed E-state index contributed by atoms with van der Waals surface area (Å²) in [4.78, 5) is 32.9. The van der Waals surface area contributed by atoms with E-state index in [9.17, 15) is 14.4 Å². The third-order valence-corrected chi connectivity index (χ3v) is 1.67. The first-order chi connectivity index (χ1) is 7.54. The van der Waals surface area contributed by atoms with Crippen LogP contribution in [0.5, 0.6) is 0 Å². The normalized spacial score (nSPS) is 11.4. The lowest BCUT2D eigenvalue weighted by Crippen LogP contribution is -2.31. The number of carbonyl (C=O) groups is 3. The Morgan fingerprint density at radius 1 is 0.938 bits per heavy atom. The Morgan fingerprint density at radius 2 is 1.50 bits per heavy atom. The zero-order valence-corrected chi connectivity index (χ0v) is 9.35. The van der Waals surface area contributed by atoms with Gasteiger partial charge in [0.1, 0.15) is 6.61 Å². The maximum absolute atomic E-state index is 11.2. The lowest BCUT2D eigenvalue weighted by molar-refractivity contribution is -0.165. The average Bonchev–Trinajstić information content (AvgIpc) is 2.32. The molecule has 16 heavy (non-hydrogen) atoms. The molecule has 0 spiro atoms. The highest BCUT2D eigenvalue weighted by atomic mass is 16.6. The van der Waals surface area contributed by atoms with Gasteiger partial charge in [-0.3, -0.25) is 4.79 Å². The second-order valence-corrected chi connectivity index (χ2v) is 2.68. The molecule has 0 saturated heterocycles. The highest BCUT2D eigenvalue weighted by Crippen LogP contribution is 2.03. The van der Waals surface area contributed by atoms with Gasteiger partial charge in [-0.25, -0.2) is 9.59 Å². The molecule has 0 aromatic carbocycles. The second-order valence-electron chi connectivity index (χ2n) is 2.68. The number of rotatable bonds is 6. The van der Waals surface area contributed by atoms with Gasteiger partial charge in [-0.05, 0) is 0 Å². The zero-order valence-electron chi connectivity index (χ0n) is 9.35. The highest BCUT2D eigenvalue weighted by Gasteiger charge is 2.25. The molecule has 1 atom stereocenters. The van der Waals surface area contributed by atoms with Crippen LogP contribution in [-0.4, -0.2) is 51.9 Å². The van der Waals surface area contributed by atoms with Crippen LogP contribution >= 0.6 is 0 Å². The molecule has 7 nitrogen and oxygen atoms in total. The Morgan fingerprint density at radius 3 is 1.94 bits per heavy atom. The van der Waals surface area contributed by atoms with Gasteiger partial charge >= 0.3 is 17.9 Å². The van der Waals surface area contributed by atoms with E-state index in [1.54, 1.807) is 0 Å². The van der Waals surface area contributed by atoms with Gasteiger partial charge in [0.2, 0.25) is 0 Å². The van der Waals surface area contributed by atoms with E-state index >= 15 is 0 Å². The molecule has 0 radical (unpaired) electrons. The number of methoxy groups -OCH3 is 3. The first kappa shape index (κ1) is 14.4. The van der Waals surface area contributed by atoms with Crippen LogP contribution in [0.1, 0.15) is 6.42 Å². The van der Waals surface area contributed by atoms with E-state index in [1.807, 2.05) is 0 Å². The van der Waals surface area contributed by atoms with E-state index in [2.05, 4.69) is 14.2 Å². The molecule has 7 heteroatoms. The fourth-order valence-corrected chi connectivity index (χ4v) is 0.804. The predicted octanol–water partition coefficient (Wildman–Crippen LogP) is -0.719. The van der Waals surface area contributed by atoms with Crippen LogP contribution in [-0.2, 0) is 33.3 Å². The summed E-state index contributed by atoms with van der Waals surface area (Å²) in [6.07, 6.45) is -1.49. The van der Waals surface area contributed by atoms with Crippen molar-refractivity contribution in [2.24, 2.45) is 0 Å². The van der Waals surface area contributed by atoms with Gasteiger partial charge < -0.3 is 18.9 Å². The summed E-state index contributed by atoms with van der Waals surface area (Å²) in [5, 5.41) is 0. The quantitative estimate of drug-likeness (QED) is 0.442. The van der Waals surface area contributed by atoms with Gasteiger partial charge in [0.25, 0.3) is 0 Å². The maximum atomic E-state index is 11.2. The maximum Gasteiger partial charge on any atom is 0.335 e. The minimum Gasteiger partial charge on any atom is -0.469 e. The van der Waals surface area contributed by atoms with Crippen molar-refractivity contribution in [2.45, 2.75) is 12.5 Å². The third kappa shape index (κ3) is 5.30. The molecule has 0 aliphatic carbocycles. The number of hydrogen-bond donors (Lipinski definition) is 0. The Hall–Kier alpha value is -1.63. The van der Waals surface area contributed by atoms with Crippen LogP contribution in [0.25, 0.3) is 0 Å². The molecule has 0 fully saturated rings. The fourth-order valence-electron chi connectivity index (χ4n) is 0.804. The molecular weight excluding hydrogens is 220 g/mol. The molecular formula is C9H14O7. The molecule has 0 aliphatic rings. The number of ether oxygens (including phenoxy) is 4. The molecule has 0 heterocycles. The standard InChI is InChI=1S/C9H14O7/c1-13-7(10)4-6(9(12)15-3)16-5-8(11)14-2/h6H,4-5H2,1-3H3.